The molecule has 2 aliphatic carbocycles. The summed E-state index contributed by atoms with van der Waals surface area (Å²) in [6.45, 7) is 12.7. The molecule has 2 rings (SSSR count). The Morgan fingerprint density at radius 3 is 2.70 bits per heavy atom. The van der Waals surface area contributed by atoms with Crippen molar-refractivity contribution in [3.8, 4) is 12.3 Å². The Bertz CT molecular complexity index is 477. The second-order valence-electron chi connectivity index (χ2n) is 5.60. The molecule has 0 spiro atoms. The van der Waals surface area contributed by atoms with Gasteiger partial charge in [0.25, 0.3) is 0 Å². The van der Waals surface area contributed by atoms with Crippen molar-refractivity contribution in [2.24, 2.45) is 11.8 Å². The summed E-state index contributed by atoms with van der Waals surface area (Å²) in [5, 5.41) is 0. The molecule has 0 aliphatic heterocycles. The standard InChI is InChI=1S/C16H22.C4H6/c1-5-13(6-2)15-10-12(4)14-9-7-8-11(3)16(14)15;1-3-4-2/h5-6,10-11,15H,1,7-9H2,2-4H3;1H,4H2,2H3/b13-6+;. The molecule has 20 heavy (non-hydrogen) atoms. The molecule has 0 heteroatoms. The third kappa shape index (κ3) is 3.54. The zero-order chi connectivity index (χ0) is 15.1. The molecule has 0 nitrogen and oxygen atoms in total. The smallest absolute Gasteiger partial charge is 0.0239 e. The normalized spacial score (nSPS) is 25.1. The third-order valence-electron chi connectivity index (χ3n) is 4.30. The predicted octanol–water partition coefficient (Wildman–Crippen LogP) is 5.84. The Hall–Kier alpha value is -1.48. The predicted molar refractivity (Wildman–Crippen MR) is 90.4 cm³/mol. The fourth-order valence-corrected chi connectivity index (χ4v) is 3.24. The first-order chi connectivity index (χ1) is 9.60. The molecule has 0 aromatic carbocycles. The van der Waals surface area contributed by atoms with Crippen LogP contribution in [0, 0.1) is 24.2 Å². The molecule has 0 fully saturated rings. The van der Waals surface area contributed by atoms with E-state index in [1.807, 2.05) is 13.0 Å². The molecule has 108 valence electrons. The van der Waals surface area contributed by atoms with Gasteiger partial charge in [0, 0.05) is 12.3 Å². The lowest BCUT2D eigenvalue weighted by molar-refractivity contribution is 0.516. The summed E-state index contributed by atoms with van der Waals surface area (Å²) in [4.78, 5) is 0. The van der Waals surface area contributed by atoms with Gasteiger partial charge in [0.1, 0.15) is 0 Å². The van der Waals surface area contributed by atoms with Crippen molar-refractivity contribution in [1.82, 2.24) is 0 Å². The second kappa shape index (κ2) is 7.95. The quantitative estimate of drug-likeness (QED) is 0.436. The highest BCUT2D eigenvalue weighted by Gasteiger charge is 2.31. The second-order valence-corrected chi connectivity index (χ2v) is 5.60. The highest BCUT2D eigenvalue weighted by molar-refractivity contribution is 5.51. The maximum absolute atomic E-state index is 4.78. The largest absolute Gasteiger partial charge is 0.120 e. The van der Waals surface area contributed by atoms with Gasteiger partial charge in [-0.05, 0) is 50.2 Å². The van der Waals surface area contributed by atoms with Gasteiger partial charge in [-0.15, -0.1) is 12.3 Å². The fraction of sp³-hybridized carbons (Fsp3) is 0.500. The van der Waals surface area contributed by atoms with Crippen LogP contribution >= 0.6 is 0 Å². The summed E-state index contributed by atoms with van der Waals surface area (Å²) in [6, 6.07) is 0. The van der Waals surface area contributed by atoms with Crippen molar-refractivity contribution < 1.29 is 0 Å². The average molecular weight is 268 g/mol. The molecule has 0 N–H and O–H groups in total. The van der Waals surface area contributed by atoms with E-state index in [-0.39, 0.29) is 0 Å². The van der Waals surface area contributed by atoms with Gasteiger partial charge < -0.3 is 0 Å². The van der Waals surface area contributed by atoms with Gasteiger partial charge in [-0.3, -0.25) is 0 Å². The van der Waals surface area contributed by atoms with Crippen LogP contribution in [-0.2, 0) is 0 Å². The average Bonchev–Trinajstić information content (AvgIpc) is 2.80. The molecule has 0 aromatic heterocycles. The van der Waals surface area contributed by atoms with Gasteiger partial charge in [-0.1, -0.05) is 49.8 Å². The summed E-state index contributed by atoms with van der Waals surface area (Å²) in [5.41, 5.74) is 6.20. The Morgan fingerprint density at radius 1 is 1.55 bits per heavy atom. The summed E-state index contributed by atoms with van der Waals surface area (Å²) in [7, 11) is 0. The molecule has 0 saturated heterocycles. The number of terminal acetylenes is 1. The first-order valence-corrected chi connectivity index (χ1v) is 7.74. The molecular weight excluding hydrogens is 240 g/mol. The summed E-state index contributed by atoms with van der Waals surface area (Å²) in [5.74, 6) is 3.70. The Kier molecular flexibility index (Phi) is 6.59. The minimum Gasteiger partial charge on any atom is -0.120 e. The van der Waals surface area contributed by atoms with Crippen LogP contribution in [0.25, 0.3) is 0 Å². The van der Waals surface area contributed by atoms with Crippen LogP contribution in [0.1, 0.15) is 53.4 Å². The van der Waals surface area contributed by atoms with E-state index in [0.717, 1.165) is 12.3 Å². The van der Waals surface area contributed by atoms with Gasteiger partial charge >= 0.3 is 0 Å². The van der Waals surface area contributed by atoms with E-state index in [0.29, 0.717) is 5.92 Å². The lowest BCUT2D eigenvalue weighted by Gasteiger charge is -2.27. The lowest BCUT2D eigenvalue weighted by atomic mass is 9.78. The van der Waals surface area contributed by atoms with Crippen molar-refractivity contribution in [3.63, 3.8) is 0 Å². The molecular formula is C20H28. The number of rotatable bonds is 2. The molecule has 2 atom stereocenters. The highest BCUT2D eigenvalue weighted by atomic mass is 14.4. The Labute approximate surface area is 125 Å². The van der Waals surface area contributed by atoms with Gasteiger partial charge in [-0.2, -0.15) is 0 Å². The van der Waals surface area contributed by atoms with Crippen LogP contribution in [-0.4, -0.2) is 0 Å². The van der Waals surface area contributed by atoms with Crippen molar-refractivity contribution in [3.05, 3.63) is 47.1 Å². The highest BCUT2D eigenvalue weighted by Crippen LogP contribution is 2.45. The van der Waals surface area contributed by atoms with E-state index in [9.17, 15) is 0 Å². The zero-order valence-electron chi connectivity index (χ0n) is 13.5. The summed E-state index contributed by atoms with van der Waals surface area (Å²) >= 11 is 0. The molecule has 0 amide bonds. The van der Waals surface area contributed by atoms with E-state index in [2.05, 4.69) is 45.4 Å². The van der Waals surface area contributed by atoms with E-state index >= 15 is 0 Å². The van der Waals surface area contributed by atoms with Crippen LogP contribution in [0.5, 0.6) is 0 Å². The molecule has 2 unspecified atom stereocenters. The van der Waals surface area contributed by atoms with Crippen LogP contribution < -0.4 is 0 Å². The first kappa shape index (κ1) is 16.6. The van der Waals surface area contributed by atoms with E-state index in [1.165, 1.54) is 30.4 Å². The Morgan fingerprint density at radius 2 is 2.20 bits per heavy atom. The maximum atomic E-state index is 4.78. The topological polar surface area (TPSA) is 0 Å². The molecule has 0 aromatic rings. The number of allylic oxidation sites excluding steroid dienone is 7. The zero-order valence-corrected chi connectivity index (χ0v) is 13.5. The summed E-state index contributed by atoms with van der Waals surface area (Å²) in [6.07, 6.45) is 16.3. The van der Waals surface area contributed by atoms with E-state index in [4.69, 9.17) is 6.42 Å². The van der Waals surface area contributed by atoms with Crippen LogP contribution in [0.3, 0.4) is 0 Å². The minimum absolute atomic E-state index is 0.521. The third-order valence-corrected chi connectivity index (χ3v) is 4.30. The minimum atomic E-state index is 0.521. The molecule has 0 heterocycles. The van der Waals surface area contributed by atoms with Gasteiger partial charge in [0.15, 0.2) is 0 Å². The van der Waals surface area contributed by atoms with Crippen molar-refractivity contribution in [2.45, 2.75) is 53.4 Å². The van der Waals surface area contributed by atoms with Crippen LogP contribution in [0.15, 0.2) is 47.1 Å². The lowest BCUT2D eigenvalue weighted by Crippen LogP contribution is -2.13. The van der Waals surface area contributed by atoms with Crippen LogP contribution in [0.2, 0.25) is 0 Å². The first-order valence-electron chi connectivity index (χ1n) is 7.74. The SMILES string of the molecule is C#CCC.C=C/C(=C\C)C1C=C(C)C2=C1C(C)CCC2. The monoisotopic (exact) mass is 268 g/mol. The molecule has 0 radical (unpaired) electrons. The summed E-state index contributed by atoms with van der Waals surface area (Å²) < 4.78 is 0. The van der Waals surface area contributed by atoms with Gasteiger partial charge in [0.05, 0.1) is 0 Å². The molecule has 0 saturated carbocycles. The number of hydrogen-bond acceptors (Lipinski definition) is 0. The Balaban J connectivity index is 0.000000444. The number of hydrogen-bond donors (Lipinski definition) is 0. The molecule has 0 bridgehead atoms. The maximum Gasteiger partial charge on any atom is 0.0239 e. The van der Waals surface area contributed by atoms with Crippen LogP contribution in [0.4, 0.5) is 0 Å². The van der Waals surface area contributed by atoms with Crippen molar-refractivity contribution in [2.75, 3.05) is 0 Å². The van der Waals surface area contributed by atoms with Crippen molar-refractivity contribution >= 4 is 0 Å². The van der Waals surface area contributed by atoms with E-state index < -0.39 is 0 Å². The fourth-order valence-electron chi connectivity index (χ4n) is 3.24. The van der Waals surface area contributed by atoms with E-state index in [1.54, 1.807) is 11.1 Å². The van der Waals surface area contributed by atoms with Gasteiger partial charge in [0.2, 0.25) is 0 Å². The van der Waals surface area contributed by atoms with Gasteiger partial charge in [-0.25, -0.2) is 0 Å². The molecule has 2 aliphatic rings. The van der Waals surface area contributed by atoms with Crippen molar-refractivity contribution in [1.29, 1.82) is 0 Å².